The highest BCUT2D eigenvalue weighted by atomic mass is 16.2. The van der Waals surface area contributed by atoms with Gasteiger partial charge in [-0.2, -0.15) is 0 Å². The maximum Gasteiger partial charge on any atom is 0.255 e. The first-order chi connectivity index (χ1) is 20.5. The number of hydrogen-bond donors (Lipinski definition) is 4. The lowest BCUT2D eigenvalue weighted by molar-refractivity contribution is -0.136. The fraction of sp³-hybridized carbons (Fsp3) is 0.229. The van der Waals surface area contributed by atoms with Crippen molar-refractivity contribution >= 4 is 29.1 Å². The number of anilines is 2. The Morgan fingerprint density at radius 3 is 1.79 bits per heavy atom. The van der Waals surface area contributed by atoms with Crippen LogP contribution in [0.1, 0.15) is 63.1 Å². The van der Waals surface area contributed by atoms with E-state index in [4.69, 9.17) is 5.73 Å². The van der Waals surface area contributed by atoms with E-state index in [2.05, 4.69) is 28.1 Å². The van der Waals surface area contributed by atoms with Crippen molar-refractivity contribution in [3.63, 3.8) is 0 Å². The Morgan fingerprint density at radius 2 is 1.21 bits per heavy atom. The Labute approximate surface area is 245 Å². The summed E-state index contributed by atoms with van der Waals surface area (Å²) >= 11 is 0. The van der Waals surface area contributed by atoms with Gasteiger partial charge in [0.25, 0.3) is 5.91 Å². The van der Waals surface area contributed by atoms with Crippen molar-refractivity contribution < 1.29 is 14.4 Å². The highest BCUT2D eigenvalue weighted by molar-refractivity contribution is 6.05. The van der Waals surface area contributed by atoms with Crippen LogP contribution in [0.3, 0.4) is 0 Å². The fourth-order valence-electron chi connectivity index (χ4n) is 6.10. The molecule has 2 aliphatic carbocycles. The van der Waals surface area contributed by atoms with Gasteiger partial charge in [-0.05, 0) is 84.2 Å². The van der Waals surface area contributed by atoms with Gasteiger partial charge in [-0.25, -0.2) is 0 Å². The van der Waals surface area contributed by atoms with Crippen LogP contribution in [-0.4, -0.2) is 17.7 Å². The second-order valence-corrected chi connectivity index (χ2v) is 11.1. The van der Waals surface area contributed by atoms with Crippen LogP contribution in [0, 0.1) is 5.92 Å². The third-order valence-electron chi connectivity index (χ3n) is 8.40. The number of benzene rings is 4. The number of amides is 3. The summed E-state index contributed by atoms with van der Waals surface area (Å²) in [5.41, 5.74) is 12.9. The van der Waals surface area contributed by atoms with E-state index in [0.29, 0.717) is 16.9 Å². The molecule has 0 saturated heterocycles. The number of para-hydroxylation sites is 2. The van der Waals surface area contributed by atoms with Gasteiger partial charge in [0.15, 0.2) is 0 Å². The van der Waals surface area contributed by atoms with Crippen molar-refractivity contribution in [1.29, 1.82) is 0 Å². The summed E-state index contributed by atoms with van der Waals surface area (Å²) in [6.45, 7) is 0. The molecular formula is C35H34N4O3. The second-order valence-electron chi connectivity index (χ2n) is 11.1. The van der Waals surface area contributed by atoms with E-state index in [9.17, 15) is 14.4 Å². The van der Waals surface area contributed by atoms with E-state index in [1.54, 1.807) is 48.5 Å². The molecule has 0 aliphatic heterocycles. The lowest BCUT2D eigenvalue weighted by Gasteiger charge is -2.23. The van der Waals surface area contributed by atoms with Crippen molar-refractivity contribution in [3.8, 4) is 0 Å². The predicted octanol–water partition coefficient (Wildman–Crippen LogP) is 5.29. The monoisotopic (exact) mass is 558 g/mol. The number of carbonyl (C=O) groups is 3. The van der Waals surface area contributed by atoms with E-state index < -0.39 is 5.92 Å². The van der Waals surface area contributed by atoms with Gasteiger partial charge in [0, 0.05) is 5.56 Å². The number of nitrogens with one attached hydrogen (secondary N) is 3. The molecule has 0 radical (unpaired) electrons. The first-order valence-corrected chi connectivity index (χ1v) is 14.5. The molecule has 42 heavy (non-hydrogen) atoms. The minimum absolute atomic E-state index is 0.118. The molecule has 0 aromatic heterocycles. The number of aryl methyl sites for hydroxylation is 2. The highest BCUT2D eigenvalue weighted by Crippen LogP contribution is 2.33. The van der Waals surface area contributed by atoms with E-state index in [0.717, 1.165) is 42.4 Å². The molecule has 0 saturated carbocycles. The van der Waals surface area contributed by atoms with Crippen molar-refractivity contribution in [2.24, 2.45) is 5.92 Å². The Hall–Kier alpha value is -4.91. The summed E-state index contributed by atoms with van der Waals surface area (Å²) in [5.74, 6) is -1.79. The first-order valence-electron chi connectivity index (χ1n) is 14.5. The Balaban J connectivity index is 1.19. The van der Waals surface area contributed by atoms with Crippen LogP contribution in [0.15, 0.2) is 97.1 Å². The quantitative estimate of drug-likeness (QED) is 0.174. The molecular weight excluding hydrogens is 524 g/mol. The van der Waals surface area contributed by atoms with Crippen molar-refractivity contribution in [2.75, 3.05) is 11.1 Å². The summed E-state index contributed by atoms with van der Waals surface area (Å²) in [6, 6.07) is 30.1. The van der Waals surface area contributed by atoms with Crippen LogP contribution in [0.2, 0.25) is 0 Å². The molecule has 4 aromatic carbocycles. The average Bonchev–Trinajstić information content (AvgIpc) is 3.61. The van der Waals surface area contributed by atoms with Gasteiger partial charge in [-0.3, -0.25) is 14.4 Å². The van der Waals surface area contributed by atoms with Gasteiger partial charge in [-0.15, -0.1) is 0 Å². The summed E-state index contributed by atoms with van der Waals surface area (Å²) in [4.78, 5) is 40.3. The van der Waals surface area contributed by atoms with Crippen LogP contribution in [0.5, 0.6) is 0 Å². The van der Waals surface area contributed by atoms with E-state index in [-0.39, 0.29) is 36.2 Å². The molecule has 212 valence electrons. The molecule has 3 amide bonds. The topological polar surface area (TPSA) is 113 Å². The van der Waals surface area contributed by atoms with Gasteiger partial charge in [0.2, 0.25) is 11.8 Å². The van der Waals surface area contributed by atoms with Crippen LogP contribution in [0.25, 0.3) is 0 Å². The Kier molecular flexibility index (Phi) is 7.73. The summed E-state index contributed by atoms with van der Waals surface area (Å²) in [5, 5.41) is 9.16. The molecule has 7 nitrogen and oxygen atoms in total. The molecule has 0 spiro atoms. The fourth-order valence-corrected chi connectivity index (χ4v) is 6.10. The first kappa shape index (κ1) is 27.3. The van der Waals surface area contributed by atoms with Gasteiger partial charge in [0.1, 0.15) is 5.92 Å². The third-order valence-corrected chi connectivity index (χ3v) is 8.40. The smallest absolute Gasteiger partial charge is 0.255 e. The molecule has 4 aromatic rings. The number of carbonyl (C=O) groups excluding carboxylic acids is 3. The largest absolute Gasteiger partial charge is 0.397 e. The SMILES string of the molecule is Nc1ccccc1NC(=O)c1ccc(CC(C(=O)NC2CCc3ccccc32)C(=O)NC2CCc3ccccc32)cc1. The zero-order chi connectivity index (χ0) is 29.1. The molecule has 0 fully saturated rings. The van der Waals surface area contributed by atoms with Gasteiger partial charge < -0.3 is 21.7 Å². The molecule has 2 aliphatic rings. The normalized spacial score (nSPS) is 17.5. The number of rotatable bonds is 8. The van der Waals surface area contributed by atoms with E-state index >= 15 is 0 Å². The minimum atomic E-state index is -0.922. The van der Waals surface area contributed by atoms with E-state index in [1.807, 2.05) is 36.4 Å². The van der Waals surface area contributed by atoms with Crippen molar-refractivity contribution in [3.05, 3.63) is 130 Å². The second kappa shape index (κ2) is 11.9. The zero-order valence-electron chi connectivity index (χ0n) is 23.3. The number of fused-ring (bicyclic) bond motifs is 2. The number of nitrogen functional groups attached to an aromatic ring is 1. The number of nitrogens with two attached hydrogens (primary N) is 1. The predicted molar refractivity (Wildman–Crippen MR) is 164 cm³/mol. The average molecular weight is 559 g/mol. The molecule has 0 heterocycles. The number of hydrogen-bond acceptors (Lipinski definition) is 4. The van der Waals surface area contributed by atoms with Gasteiger partial charge in [0.05, 0.1) is 23.5 Å². The third kappa shape index (κ3) is 5.77. The summed E-state index contributed by atoms with van der Waals surface area (Å²) in [7, 11) is 0. The Morgan fingerprint density at radius 1 is 0.690 bits per heavy atom. The summed E-state index contributed by atoms with van der Waals surface area (Å²) < 4.78 is 0. The zero-order valence-corrected chi connectivity index (χ0v) is 23.3. The van der Waals surface area contributed by atoms with Gasteiger partial charge >= 0.3 is 0 Å². The summed E-state index contributed by atoms with van der Waals surface area (Å²) in [6.07, 6.45) is 3.63. The highest BCUT2D eigenvalue weighted by Gasteiger charge is 2.33. The van der Waals surface area contributed by atoms with Crippen LogP contribution >= 0.6 is 0 Å². The van der Waals surface area contributed by atoms with Crippen molar-refractivity contribution in [1.82, 2.24) is 10.6 Å². The van der Waals surface area contributed by atoms with E-state index in [1.165, 1.54) is 11.1 Å². The lowest BCUT2D eigenvalue weighted by atomic mass is 9.95. The van der Waals surface area contributed by atoms with Crippen LogP contribution < -0.4 is 21.7 Å². The standard InChI is InChI=1S/C35H34N4O3/c36-29-11-5-6-12-32(29)39-33(40)25-15-13-22(14-16-25)21-28(34(41)37-30-19-17-23-7-1-3-9-26(23)30)35(42)38-31-20-18-24-8-2-4-10-27(24)31/h1-16,28,30-31H,17-21,36H2,(H,37,41)(H,38,42)(H,39,40). The van der Waals surface area contributed by atoms with Gasteiger partial charge in [-0.1, -0.05) is 72.8 Å². The van der Waals surface area contributed by atoms with Crippen LogP contribution in [-0.2, 0) is 28.9 Å². The maximum atomic E-state index is 13.7. The maximum absolute atomic E-state index is 13.7. The minimum Gasteiger partial charge on any atom is -0.397 e. The molecule has 2 atom stereocenters. The Bertz CT molecular complexity index is 1560. The lowest BCUT2D eigenvalue weighted by Crippen LogP contribution is -2.44. The molecule has 6 rings (SSSR count). The van der Waals surface area contributed by atoms with Crippen LogP contribution in [0.4, 0.5) is 11.4 Å². The molecule has 5 N–H and O–H groups in total. The molecule has 7 heteroatoms. The van der Waals surface area contributed by atoms with Crippen molar-refractivity contribution in [2.45, 2.75) is 44.2 Å². The molecule has 2 unspecified atom stereocenters. The molecule has 0 bridgehead atoms.